The minimum absolute atomic E-state index is 0.723. The van der Waals surface area contributed by atoms with E-state index in [9.17, 15) is 0 Å². The number of aromatic nitrogens is 1. The summed E-state index contributed by atoms with van der Waals surface area (Å²) in [4.78, 5) is 0. The normalized spacial score (nSPS) is 15.0. The third-order valence-electron chi connectivity index (χ3n) is 6.96. The van der Waals surface area contributed by atoms with Crippen LogP contribution in [0.2, 0.25) is 0 Å². The Balaban J connectivity index is 1.58. The molecule has 0 saturated heterocycles. The van der Waals surface area contributed by atoms with E-state index in [0.717, 1.165) is 17.1 Å². The summed E-state index contributed by atoms with van der Waals surface area (Å²) >= 11 is 0. The van der Waals surface area contributed by atoms with Gasteiger partial charge in [0.15, 0.2) is 6.20 Å². The van der Waals surface area contributed by atoms with Crippen LogP contribution in [0, 0.1) is 6.92 Å². The molecular weight excluding hydrogens is 366 g/mol. The van der Waals surface area contributed by atoms with Gasteiger partial charge >= 0.3 is 0 Å². The maximum absolute atomic E-state index is 6.50. The molecular formula is C28H26NO+. The standard InChI is InChI=1S/C28H26NO/c1-18-11-13-23-24-15-20-9-5-6-10-21(20)16-26(24)30-28(23)27(18)25-14-12-22(17-29(25)2)19-7-3-4-8-19/h5-6,9-17,19H,3-4,7-8H2,1-2H3/q+1. The van der Waals surface area contributed by atoms with E-state index in [-0.39, 0.29) is 0 Å². The largest absolute Gasteiger partial charge is 0.455 e. The first-order valence-corrected chi connectivity index (χ1v) is 11.0. The molecule has 30 heavy (non-hydrogen) atoms. The zero-order valence-corrected chi connectivity index (χ0v) is 17.6. The second kappa shape index (κ2) is 6.70. The van der Waals surface area contributed by atoms with E-state index in [1.165, 1.54) is 69.6 Å². The molecule has 6 rings (SSSR count). The van der Waals surface area contributed by atoms with Gasteiger partial charge in [0.05, 0.1) is 5.56 Å². The molecule has 0 bridgehead atoms. The van der Waals surface area contributed by atoms with E-state index >= 15 is 0 Å². The molecule has 2 heterocycles. The van der Waals surface area contributed by atoms with Gasteiger partial charge in [0, 0.05) is 22.4 Å². The molecule has 2 nitrogen and oxygen atoms in total. The molecule has 1 aliphatic carbocycles. The molecule has 0 radical (unpaired) electrons. The molecule has 1 aliphatic rings. The van der Waals surface area contributed by atoms with Gasteiger partial charge in [-0.1, -0.05) is 49.2 Å². The lowest BCUT2D eigenvalue weighted by atomic mass is 9.96. The first kappa shape index (κ1) is 17.7. The first-order valence-electron chi connectivity index (χ1n) is 11.0. The highest BCUT2D eigenvalue weighted by Crippen LogP contribution is 2.39. The number of rotatable bonds is 2. The molecule has 0 atom stereocenters. The van der Waals surface area contributed by atoms with Crippen LogP contribution in [0.5, 0.6) is 0 Å². The lowest BCUT2D eigenvalue weighted by Gasteiger charge is -2.10. The minimum atomic E-state index is 0.723. The number of aryl methyl sites for hydroxylation is 2. The van der Waals surface area contributed by atoms with Crippen LogP contribution >= 0.6 is 0 Å². The van der Waals surface area contributed by atoms with Crippen molar-refractivity contribution in [1.29, 1.82) is 0 Å². The summed E-state index contributed by atoms with van der Waals surface area (Å²) in [7, 11) is 2.17. The van der Waals surface area contributed by atoms with Gasteiger partial charge in [0.25, 0.3) is 0 Å². The van der Waals surface area contributed by atoms with E-state index in [4.69, 9.17) is 4.42 Å². The van der Waals surface area contributed by atoms with E-state index in [2.05, 4.69) is 85.4 Å². The Kier molecular flexibility index (Phi) is 3.95. The van der Waals surface area contributed by atoms with Gasteiger partial charge in [-0.3, -0.25) is 0 Å². The molecule has 1 saturated carbocycles. The lowest BCUT2D eigenvalue weighted by Crippen LogP contribution is -2.31. The van der Waals surface area contributed by atoms with Crippen LogP contribution in [-0.4, -0.2) is 0 Å². The monoisotopic (exact) mass is 392 g/mol. The third-order valence-corrected chi connectivity index (χ3v) is 6.96. The van der Waals surface area contributed by atoms with Gasteiger partial charge in [0.1, 0.15) is 18.2 Å². The SMILES string of the molecule is Cc1ccc2c(oc3cc4ccccc4cc32)c1-c1ccc(C2CCCC2)c[n+]1C. The number of hydrogen-bond donors (Lipinski definition) is 0. The van der Waals surface area contributed by atoms with Crippen molar-refractivity contribution in [2.45, 2.75) is 38.5 Å². The highest BCUT2D eigenvalue weighted by atomic mass is 16.3. The maximum Gasteiger partial charge on any atom is 0.216 e. The van der Waals surface area contributed by atoms with Crippen LogP contribution in [0.15, 0.2) is 71.3 Å². The molecule has 0 spiro atoms. The predicted molar refractivity (Wildman–Crippen MR) is 124 cm³/mol. The average Bonchev–Trinajstić information content (AvgIpc) is 3.40. The summed E-state index contributed by atoms with van der Waals surface area (Å²) in [5.74, 6) is 0.723. The van der Waals surface area contributed by atoms with Crippen molar-refractivity contribution in [3.05, 3.63) is 78.0 Å². The minimum Gasteiger partial charge on any atom is -0.455 e. The summed E-state index contributed by atoms with van der Waals surface area (Å²) < 4.78 is 8.79. The third kappa shape index (κ3) is 2.67. The van der Waals surface area contributed by atoms with Crippen LogP contribution in [0.25, 0.3) is 44.0 Å². The summed E-state index contributed by atoms with van der Waals surface area (Å²) in [6, 6.07) is 22.0. The highest BCUT2D eigenvalue weighted by Gasteiger charge is 2.24. The van der Waals surface area contributed by atoms with Crippen molar-refractivity contribution in [2.24, 2.45) is 7.05 Å². The molecule has 1 fully saturated rings. The molecule has 0 N–H and O–H groups in total. The second-order valence-electron chi connectivity index (χ2n) is 8.87. The summed E-state index contributed by atoms with van der Waals surface area (Å²) in [5.41, 5.74) is 7.08. The zero-order valence-electron chi connectivity index (χ0n) is 17.6. The number of fused-ring (bicyclic) bond motifs is 4. The van der Waals surface area contributed by atoms with Gasteiger partial charge in [0.2, 0.25) is 5.69 Å². The average molecular weight is 393 g/mol. The molecule has 0 unspecified atom stereocenters. The number of hydrogen-bond acceptors (Lipinski definition) is 1. The molecule has 0 aliphatic heterocycles. The maximum atomic E-state index is 6.50. The molecule has 0 amide bonds. The fourth-order valence-corrected chi connectivity index (χ4v) is 5.33. The van der Waals surface area contributed by atoms with Gasteiger partial charge in [-0.25, -0.2) is 4.57 Å². The Morgan fingerprint density at radius 2 is 1.63 bits per heavy atom. The Bertz CT molecular complexity index is 1420. The van der Waals surface area contributed by atoms with E-state index < -0.39 is 0 Å². The molecule has 2 heteroatoms. The lowest BCUT2D eigenvalue weighted by molar-refractivity contribution is -0.660. The number of benzene rings is 3. The van der Waals surface area contributed by atoms with Crippen LogP contribution in [0.3, 0.4) is 0 Å². The van der Waals surface area contributed by atoms with Gasteiger partial charge < -0.3 is 4.42 Å². The van der Waals surface area contributed by atoms with E-state index in [1.54, 1.807) is 0 Å². The van der Waals surface area contributed by atoms with Crippen molar-refractivity contribution in [3.8, 4) is 11.3 Å². The van der Waals surface area contributed by atoms with Crippen molar-refractivity contribution in [3.63, 3.8) is 0 Å². The van der Waals surface area contributed by atoms with Crippen molar-refractivity contribution in [1.82, 2.24) is 0 Å². The molecule has 3 aromatic carbocycles. The summed E-state index contributed by atoms with van der Waals surface area (Å²) in [6.45, 7) is 2.18. The smallest absolute Gasteiger partial charge is 0.216 e. The Morgan fingerprint density at radius 1 is 0.867 bits per heavy atom. The topological polar surface area (TPSA) is 17.0 Å². The first-order chi connectivity index (χ1) is 14.7. The Hall–Kier alpha value is -3.13. The van der Waals surface area contributed by atoms with Gasteiger partial charge in [-0.15, -0.1) is 0 Å². The van der Waals surface area contributed by atoms with E-state index in [1.807, 2.05) is 0 Å². The van der Waals surface area contributed by atoms with Crippen molar-refractivity contribution < 1.29 is 8.98 Å². The molecule has 5 aromatic rings. The highest BCUT2D eigenvalue weighted by molar-refractivity contribution is 6.13. The Morgan fingerprint density at radius 3 is 2.40 bits per heavy atom. The van der Waals surface area contributed by atoms with Crippen molar-refractivity contribution >= 4 is 32.7 Å². The Labute approximate surface area is 176 Å². The van der Waals surface area contributed by atoms with Gasteiger partial charge in [-0.2, -0.15) is 0 Å². The molecule has 148 valence electrons. The second-order valence-corrected chi connectivity index (χ2v) is 8.87. The van der Waals surface area contributed by atoms with Crippen LogP contribution in [-0.2, 0) is 7.05 Å². The van der Waals surface area contributed by atoms with E-state index in [0.29, 0.717) is 0 Å². The fraction of sp³-hybridized carbons (Fsp3) is 0.250. The number of nitrogens with zero attached hydrogens (tertiary/aromatic N) is 1. The van der Waals surface area contributed by atoms with Crippen LogP contribution in [0.1, 0.15) is 42.7 Å². The van der Waals surface area contributed by atoms with Crippen LogP contribution < -0.4 is 4.57 Å². The van der Waals surface area contributed by atoms with Crippen molar-refractivity contribution in [2.75, 3.05) is 0 Å². The summed E-state index contributed by atoms with van der Waals surface area (Å²) in [6.07, 6.45) is 7.71. The predicted octanol–water partition coefficient (Wildman–Crippen LogP) is 7.20. The van der Waals surface area contributed by atoms with Gasteiger partial charge in [-0.05, 0) is 60.2 Å². The summed E-state index contributed by atoms with van der Waals surface area (Å²) in [5, 5.41) is 4.85. The van der Waals surface area contributed by atoms with Crippen LogP contribution in [0.4, 0.5) is 0 Å². The zero-order chi connectivity index (χ0) is 20.2. The fourth-order valence-electron chi connectivity index (χ4n) is 5.33. The quantitative estimate of drug-likeness (QED) is 0.290. The number of furan rings is 1. The number of pyridine rings is 1. The molecule has 2 aromatic heterocycles.